The molecule has 0 aliphatic rings. The Bertz CT molecular complexity index is 1250. The number of carbonyl (C=O) groups excluding carboxylic acids is 1. The summed E-state index contributed by atoms with van der Waals surface area (Å²) in [5.41, 5.74) is 1.21. The second kappa shape index (κ2) is 10.4. The fourth-order valence-electron chi connectivity index (χ4n) is 3.61. The van der Waals surface area contributed by atoms with Gasteiger partial charge in [-0.15, -0.1) is 0 Å². The van der Waals surface area contributed by atoms with Gasteiger partial charge in [-0.05, 0) is 36.8 Å². The van der Waals surface area contributed by atoms with Crippen LogP contribution in [0.2, 0.25) is 0 Å². The predicted octanol–water partition coefficient (Wildman–Crippen LogP) is 4.26. The molecule has 178 valence electrons. The first-order chi connectivity index (χ1) is 16.6. The van der Waals surface area contributed by atoms with Crippen molar-refractivity contribution >= 4 is 32.6 Å². The molecule has 0 spiro atoms. The molecule has 4 aromatic rings. The highest BCUT2D eigenvalue weighted by molar-refractivity contribution is 7.22. The third-order valence-electron chi connectivity index (χ3n) is 5.33. The molecule has 2 heterocycles. The van der Waals surface area contributed by atoms with E-state index >= 15 is 0 Å². The molecular formula is C24H26N4O5S. The van der Waals surface area contributed by atoms with Gasteiger partial charge in [-0.3, -0.25) is 9.69 Å². The maximum atomic E-state index is 13.8. The van der Waals surface area contributed by atoms with Gasteiger partial charge in [0.2, 0.25) is 5.75 Å². The third-order valence-corrected chi connectivity index (χ3v) is 6.37. The first kappa shape index (κ1) is 23.4. The van der Waals surface area contributed by atoms with Gasteiger partial charge in [-0.1, -0.05) is 11.3 Å². The Morgan fingerprint density at radius 3 is 2.41 bits per heavy atom. The highest BCUT2D eigenvalue weighted by Crippen LogP contribution is 2.39. The van der Waals surface area contributed by atoms with E-state index in [4.69, 9.17) is 23.9 Å². The Morgan fingerprint density at radius 2 is 1.79 bits per heavy atom. The molecule has 0 fully saturated rings. The average molecular weight is 483 g/mol. The van der Waals surface area contributed by atoms with Crippen LogP contribution >= 0.6 is 11.3 Å². The average Bonchev–Trinajstić information content (AvgIpc) is 3.54. The number of aryl methyl sites for hydroxylation is 1. The first-order valence-electron chi connectivity index (χ1n) is 10.6. The van der Waals surface area contributed by atoms with E-state index in [1.807, 2.05) is 29.0 Å². The number of hydrogen-bond acceptors (Lipinski definition) is 8. The molecule has 0 saturated heterocycles. The Balaban J connectivity index is 1.70. The fourth-order valence-corrected chi connectivity index (χ4v) is 4.63. The molecule has 0 radical (unpaired) electrons. The van der Waals surface area contributed by atoms with Crippen LogP contribution in [0.3, 0.4) is 0 Å². The van der Waals surface area contributed by atoms with Crippen LogP contribution in [-0.2, 0) is 6.54 Å². The second-order valence-corrected chi connectivity index (χ2v) is 8.36. The zero-order chi connectivity index (χ0) is 24.1. The number of benzene rings is 2. The van der Waals surface area contributed by atoms with Gasteiger partial charge in [-0.2, -0.15) is 0 Å². The molecular weight excluding hydrogens is 456 g/mol. The quantitative estimate of drug-likeness (QED) is 0.334. The van der Waals surface area contributed by atoms with Crippen molar-refractivity contribution in [3.63, 3.8) is 0 Å². The molecule has 0 atom stereocenters. The number of anilines is 1. The molecule has 10 heteroatoms. The fraction of sp³-hybridized carbons (Fsp3) is 0.292. The molecule has 2 aromatic carbocycles. The minimum atomic E-state index is -0.212. The van der Waals surface area contributed by atoms with Crippen LogP contribution in [0.25, 0.3) is 10.2 Å². The number of methoxy groups -OCH3 is 4. The lowest BCUT2D eigenvalue weighted by molar-refractivity contribution is 0.0985. The standard InChI is InChI=1S/C24H26N4O5S/c1-30-17-6-7-18-21(14-17)34-24(26-18)28(10-5-9-27-11-8-25-15-27)23(29)16-12-19(31-2)22(33-4)20(13-16)32-3/h6-8,11-15H,5,9-10H2,1-4H3. The van der Waals surface area contributed by atoms with Crippen molar-refractivity contribution in [3.05, 3.63) is 54.6 Å². The lowest BCUT2D eigenvalue weighted by atomic mass is 10.1. The number of fused-ring (bicyclic) bond motifs is 1. The van der Waals surface area contributed by atoms with Gasteiger partial charge >= 0.3 is 0 Å². The number of ether oxygens (including phenoxy) is 4. The molecule has 9 nitrogen and oxygen atoms in total. The van der Waals surface area contributed by atoms with E-state index < -0.39 is 0 Å². The molecule has 0 aliphatic heterocycles. The van der Waals surface area contributed by atoms with E-state index in [1.54, 1.807) is 36.7 Å². The maximum Gasteiger partial charge on any atom is 0.260 e. The molecule has 0 unspecified atom stereocenters. The summed E-state index contributed by atoms with van der Waals surface area (Å²) in [5, 5.41) is 0.604. The van der Waals surface area contributed by atoms with Gasteiger partial charge in [0.05, 0.1) is 45.0 Å². The zero-order valence-corrected chi connectivity index (χ0v) is 20.3. The third kappa shape index (κ3) is 4.76. The number of amides is 1. The number of hydrogen-bond donors (Lipinski definition) is 0. The summed E-state index contributed by atoms with van der Waals surface area (Å²) >= 11 is 1.44. The summed E-state index contributed by atoms with van der Waals surface area (Å²) in [6.45, 7) is 1.18. The number of thiazole rings is 1. The van der Waals surface area contributed by atoms with Crippen LogP contribution < -0.4 is 23.8 Å². The van der Waals surface area contributed by atoms with Crippen LogP contribution in [-0.4, -0.2) is 55.4 Å². The number of imidazole rings is 1. The Kier molecular flexibility index (Phi) is 7.17. The Labute approximate surface area is 201 Å². The SMILES string of the molecule is COc1ccc2nc(N(CCCn3ccnc3)C(=O)c3cc(OC)c(OC)c(OC)c3)sc2c1. The molecule has 0 saturated carbocycles. The topological polar surface area (TPSA) is 87.9 Å². The molecule has 0 N–H and O–H groups in total. The van der Waals surface area contributed by atoms with E-state index in [1.165, 1.54) is 32.7 Å². The van der Waals surface area contributed by atoms with E-state index in [0.717, 1.165) is 22.5 Å². The highest BCUT2D eigenvalue weighted by Gasteiger charge is 2.24. The van der Waals surface area contributed by atoms with Crippen LogP contribution in [0.5, 0.6) is 23.0 Å². The van der Waals surface area contributed by atoms with E-state index in [2.05, 4.69) is 4.98 Å². The van der Waals surface area contributed by atoms with Crippen molar-refractivity contribution < 1.29 is 23.7 Å². The summed E-state index contributed by atoms with van der Waals surface area (Å²) in [6.07, 6.45) is 6.11. The molecule has 2 aromatic heterocycles. The van der Waals surface area contributed by atoms with Crippen molar-refractivity contribution in [2.45, 2.75) is 13.0 Å². The van der Waals surface area contributed by atoms with Crippen LogP contribution in [0, 0.1) is 0 Å². The molecule has 0 aliphatic carbocycles. The van der Waals surface area contributed by atoms with Crippen LogP contribution in [0.4, 0.5) is 5.13 Å². The summed E-state index contributed by atoms with van der Waals surface area (Å²) < 4.78 is 24.5. The molecule has 0 bridgehead atoms. The zero-order valence-electron chi connectivity index (χ0n) is 19.5. The second-order valence-electron chi connectivity index (χ2n) is 7.35. The summed E-state index contributed by atoms with van der Waals surface area (Å²) in [7, 11) is 6.20. The number of aromatic nitrogens is 3. The van der Waals surface area contributed by atoms with Gasteiger partial charge in [0.15, 0.2) is 16.6 Å². The van der Waals surface area contributed by atoms with Crippen LogP contribution in [0.1, 0.15) is 16.8 Å². The van der Waals surface area contributed by atoms with E-state index in [-0.39, 0.29) is 5.91 Å². The van der Waals surface area contributed by atoms with Crippen molar-refractivity contribution in [2.75, 3.05) is 39.9 Å². The number of nitrogens with zero attached hydrogens (tertiary/aromatic N) is 4. The minimum Gasteiger partial charge on any atom is -0.497 e. The Hall–Kier alpha value is -3.79. The maximum absolute atomic E-state index is 13.8. The Morgan fingerprint density at radius 1 is 1.03 bits per heavy atom. The highest BCUT2D eigenvalue weighted by atomic mass is 32.1. The lowest BCUT2D eigenvalue weighted by Gasteiger charge is -2.21. The van der Waals surface area contributed by atoms with Crippen LogP contribution in [0.15, 0.2) is 49.1 Å². The van der Waals surface area contributed by atoms with Crippen molar-refractivity contribution in [3.8, 4) is 23.0 Å². The molecule has 1 amide bonds. The van der Waals surface area contributed by atoms with Crippen molar-refractivity contribution in [2.24, 2.45) is 0 Å². The lowest BCUT2D eigenvalue weighted by Crippen LogP contribution is -2.32. The normalized spacial score (nSPS) is 10.8. The summed E-state index contributed by atoms with van der Waals surface area (Å²) in [5.74, 6) is 1.79. The van der Waals surface area contributed by atoms with Gasteiger partial charge in [0, 0.05) is 31.0 Å². The van der Waals surface area contributed by atoms with E-state index in [0.29, 0.717) is 40.9 Å². The van der Waals surface area contributed by atoms with Gasteiger partial charge in [0.25, 0.3) is 5.91 Å². The summed E-state index contributed by atoms with van der Waals surface area (Å²) in [4.78, 5) is 24.3. The minimum absolute atomic E-state index is 0.212. The van der Waals surface area contributed by atoms with Gasteiger partial charge < -0.3 is 23.5 Å². The number of carbonyl (C=O) groups is 1. The summed E-state index contributed by atoms with van der Waals surface area (Å²) in [6, 6.07) is 8.98. The number of rotatable bonds is 10. The molecule has 4 rings (SSSR count). The van der Waals surface area contributed by atoms with Gasteiger partial charge in [0.1, 0.15) is 5.75 Å². The largest absolute Gasteiger partial charge is 0.497 e. The molecule has 34 heavy (non-hydrogen) atoms. The van der Waals surface area contributed by atoms with Gasteiger partial charge in [-0.25, -0.2) is 9.97 Å². The predicted molar refractivity (Wildman–Crippen MR) is 131 cm³/mol. The monoisotopic (exact) mass is 482 g/mol. The smallest absolute Gasteiger partial charge is 0.260 e. The van der Waals surface area contributed by atoms with Crippen molar-refractivity contribution in [1.82, 2.24) is 14.5 Å². The van der Waals surface area contributed by atoms with E-state index in [9.17, 15) is 4.79 Å². The van der Waals surface area contributed by atoms with Crippen molar-refractivity contribution in [1.29, 1.82) is 0 Å². The first-order valence-corrected chi connectivity index (χ1v) is 11.4.